The lowest BCUT2D eigenvalue weighted by molar-refractivity contribution is 0.0893. The largest absolute Gasteiger partial charge is 0.459 e. The molecule has 0 spiro atoms. The van der Waals surface area contributed by atoms with Crippen LogP contribution in [0.15, 0.2) is 41.4 Å². The maximum absolute atomic E-state index is 12.0. The molecular weight excluding hydrogens is 272 g/mol. The zero-order chi connectivity index (χ0) is 14.7. The number of rotatable bonds is 4. The highest BCUT2D eigenvalue weighted by molar-refractivity contribution is 5.91. The van der Waals surface area contributed by atoms with E-state index in [2.05, 4.69) is 15.3 Å². The minimum absolute atomic E-state index is 0.00465. The third kappa shape index (κ3) is 2.87. The standard InChI is InChI=1S/C14H16N4O3/c19-8-10-6-18(13-3-4-15-9-16-13)7-11(10)17-14(20)12-2-1-5-21-12/h1-5,9-11,19H,6-8H2,(H,17,20)/t10-,11+/m0/s1. The van der Waals surface area contributed by atoms with Gasteiger partial charge in [-0.15, -0.1) is 0 Å². The van der Waals surface area contributed by atoms with Crippen molar-refractivity contribution in [3.63, 3.8) is 0 Å². The van der Waals surface area contributed by atoms with Gasteiger partial charge in [-0.05, 0) is 18.2 Å². The smallest absolute Gasteiger partial charge is 0.287 e. The van der Waals surface area contributed by atoms with Crippen LogP contribution in [0.5, 0.6) is 0 Å². The van der Waals surface area contributed by atoms with Gasteiger partial charge >= 0.3 is 0 Å². The first-order valence-electron chi connectivity index (χ1n) is 6.74. The average molecular weight is 288 g/mol. The average Bonchev–Trinajstić information content (AvgIpc) is 3.17. The normalized spacial score (nSPS) is 21.5. The number of aliphatic hydroxyl groups excluding tert-OH is 1. The maximum Gasteiger partial charge on any atom is 0.287 e. The maximum atomic E-state index is 12.0. The Morgan fingerprint density at radius 2 is 2.38 bits per heavy atom. The second-order valence-electron chi connectivity index (χ2n) is 4.97. The van der Waals surface area contributed by atoms with Crippen LogP contribution in [0.2, 0.25) is 0 Å². The van der Waals surface area contributed by atoms with E-state index in [0.717, 1.165) is 5.82 Å². The van der Waals surface area contributed by atoms with Crippen molar-refractivity contribution in [2.24, 2.45) is 5.92 Å². The summed E-state index contributed by atoms with van der Waals surface area (Å²) in [4.78, 5) is 22.1. The van der Waals surface area contributed by atoms with E-state index in [9.17, 15) is 9.90 Å². The predicted octanol–water partition coefficient (Wildman–Crippen LogP) is 0.297. The summed E-state index contributed by atoms with van der Waals surface area (Å²) in [6.45, 7) is 1.23. The number of nitrogens with zero attached hydrogens (tertiary/aromatic N) is 3. The van der Waals surface area contributed by atoms with E-state index in [-0.39, 0.29) is 30.2 Å². The zero-order valence-electron chi connectivity index (χ0n) is 11.3. The quantitative estimate of drug-likeness (QED) is 0.840. The van der Waals surface area contributed by atoms with Gasteiger partial charge in [0.25, 0.3) is 5.91 Å². The van der Waals surface area contributed by atoms with Gasteiger partial charge in [0.1, 0.15) is 12.1 Å². The second-order valence-corrected chi connectivity index (χ2v) is 4.97. The number of hydrogen-bond acceptors (Lipinski definition) is 6. The minimum atomic E-state index is -0.270. The van der Waals surface area contributed by atoms with Crippen LogP contribution in [-0.4, -0.2) is 46.7 Å². The number of amides is 1. The molecule has 2 N–H and O–H groups in total. The van der Waals surface area contributed by atoms with Crippen LogP contribution >= 0.6 is 0 Å². The fourth-order valence-electron chi connectivity index (χ4n) is 2.52. The van der Waals surface area contributed by atoms with E-state index in [1.54, 1.807) is 18.3 Å². The summed E-state index contributed by atoms with van der Waals surface area (Å²) in [5.74, 6) is 0.747. The minimum Gasteiger partial charge on any atom is -0.459 e. The van der Waals surface area contributed by atoms with E-state index < -0.39 is 0 Å². The Balaban J connectivity index is 1.69. The van der Waals surface area contributed by atoms with Crippen molar-refractivity contribution in [3.05, 3.63) is 42.7 Å². The molecule has 2 atom stereocenters. The van der Waals surface area contributed by atoms with Gasteiger partial charge < -0.3 is 19.7 Å². The number of hydrogen-bond donors (Lipinski definition) is 2. The predicted molar refractivity (Wildman–Crippen MR) is 74.8 cm³/mol. The summed E-state index contributed by atoms with van der Waals surface area (Å²) in [5.41, 5.74) is 0. The third-order valence-electron chi connectivity index (χ3n) is 3.63. The van der Waals surface area contributed by atoms with Crippen LogP contribution < -0.4 is 10.2 Å². The molecule has 1 aliphatic heterocycles. The topological polar surface area (TPSA) is 91.5 Å². The molecule has 3 rings (SSSR count). The highest BCUT2D eigenvalue weighted by atomic mass is 16.3. The van der Waals surface area contributed by atoms with Crippen molar-refractivity contribution in [3.8, 4) is 0 Å². The molecule has 0 bridgehead atoms. The summed E-state index contributed by atoms with van der Waals surface area (Å²) in [6, 6.07) is 4.94. The van der Waals surface area contributed by atoms with Crippen molar-refractivity contribution in [2.75, 3.05) is 24.6 Å². The van der Waals surface area contributed by atoms with Gasteiger partial charge in [0.05, 0.1) is 12.3 Å². The van der Waals surface area contributed by atoms with Crippen molar-refractivity contribution in [1.82, 2.24) is 15.3 Å². The van der Waals surface area contributed by atoms with Gasteiger partial charge in [-0.2, -0.15) is 0 Å². The molecule has 3 heterocycles. The molecule has 0 unspecified atom stereocenters. The molecule has 0 radical (unpaired) electrons. The molecular formula is C14H16N4O3. The number of anilines is 1. The van der Waals surface area contributed by atoms with E-state index in [1.807, 2.05) is 11.0 Å². The number of aliphatic hydroxyl groups is 1. The summed E-state index contributed by atoms with van der Waals surface area (Å²) < 4.78 is 5.08. The Hall–Kier alpha value is -2.41. The number of carbonyl (C=O) groups excluding carboxylic acids is 1. The van der Waals surface area contributed by atoms with Crippen LogP contribution in [0, 0.1) is 5.92 Å². The molecule has 1 fully saturated rings. The van der Waals surface area contributed by atoms with E-state index >= 15 is 0 Å². The molecule has 2 aromatic heterocycles. The molecule has 0 aliphatic carbocycles. The first kappa shape index (κ1) is 13.6. The van der Waals surface area contributed by atoms with Crippen molar-refractivity contribution >= 4 is 11.7 Å². The Labute approximate surface area is 121 Å². The van der Waals surface area contributed by atoms with Gasteiger partial charge in [0.15, 0.2) is 5.76 Å². The molecule has 1 aliphatic rings. The van der Waals surface area contributed by atoms with Crippen LogP contribution in [0.3, 0.4) is 0 Å². The summed E-state index contributed by atoms with van der Waals surface area (Å²) >= 11 is 0. The SMILES string of the molecule is O=C(N[C@@H]1CN(c2ccncn2)C[C@H]1CO)c1ccco1. The molecule has 1 amide bonds. The van der Waals surface area contributed by atoms with Gasteiger partial charge in [-0.1, -0.05) is 0 Å². The highest BCUT2D eigenvalue weighted by Gasteiger charge is 2.34. The monoisotopic (exact) mass is 288 g/mol. The Kier molecular flexibility index (Phi) is 3.83. The zero-order valence-corrected chi connectivity index (χ0v) is 11.3. The Morgan fingerprint density at radius 3 is 3.05 bits per heavy atom. The van der Waals surface area contributed by atoms with Gasteiger partial charge in [0, 0.05) is 31.8 Å². The summed E-state index contributed by atoms with van der Waals surface area (Å²) in [6.07, 6.45) is 4.61. The van der Waals surface area contributed by atoms with Gasteiger partial charge in [-0.3, -0.25) is 4.79 Å². The third-order valence-corrected chi connectivity index (χ3v) is 3.63. The lowest BCUT2D eigenvalue weighted by Gasteiger charge is -2.17. The van der Waals surface area contributed by atoms with Gasteiger partial charge in [-0.25, -0.2) is 9.97 Å². The van der Waals surface area contributed by atoms with Crippen molar-refractivity contribution < 1.29 is 14.3 Å². The highest BCUT2D eigenvalue weighted by Crippen LogP contribution is 2.22. The van der Waals surface area contributed by atoms with Crippen LogP contribution in [0.25, 0.3) is 0 Å². The number of carbonyl (C=O) groups is 1. The van der Waals surface area contributed by atoms with E-state index in [4.69, 9.17) is 4.42 Å². The summed E-state index contributed by atoms with van der Waals surface area (Å²) in [7, 11) is 0. The van der Waals surface area contributed by atoms with E-state index in [1.165, 1.54) is 12.6 Å². The van der Waals surface area contributed by atoms with Crippen molar-refractivity contribution in [2.45, 2.75) is 6.04 Å². The molecule has 21 heavy (non-hydrogen) atoms. The van der Waals surface area contributed by atoms with Gasteiger partial charge in [0.2, 0.25) is 0 Å². The Morgan fingerprint density at radius 1 is 1.48 bits per heavy atom. The van der Waals surface area contributed by atoms with E-state index in [0.29, 0.717) is 13.1 Å². The summed E-state index contributed by atoms with van der Waals surface area (Å²) in [5, 5.41) is 12.4. The lowest BCUT2D eigenvalue weighted by Crippen LogP contribution is -2.41. The molecule has 7 nitrogen and oxygen atoms in total. The lowest BCUT2D eigenvalue weighted by atomic mass is 10.1. The van der Waals surface area contributed by atoms with Crippen LogP contribution in [0.1, 0.15) is 10.6 Å². The van der Waals surface area contributed by atoms with Crippen molar-refractivity contribution in [1.29, 1.82) is 0 Å². The number of aromatic nitrogens is 2. The molecule has 0 saturated carbocycles. The fourth-order valence-corrected chi connectivity index (χ4v) is 2.52. The fraction of sp³-hybridized carbons (Fsp3) is 0.357. The molecule has 0 aromatic carbocycles. The Bertz CT molecular complexity index is 588. The molecule has 2 aromatic rings. The molecule has 7 heteroatoms. The van der Waals surface area contributed by atoms with Crippen LogP contribution in [0.4, 0.5) is 5.82 Å². The number of nitrogens with one attached hydrogen (secondary N) is 1. The first-order valence-corrected chi connectivity index (χ1v) is 6.74. The second kappa shape index (κ2) is 5.92. The first-order chi connectivity index (χ1) is 10.3. The molecule has 110 valence electrons. The van der Waals surface area contributed by atoms with Crippen LogP contribution in [-0.2, 0) is 0 Å². The molecule has 1 saturated heterocycles. The number of furan rings is 1.